The lowest BCUT2D eigenvalue weighted by Crippen LogP contribution is -2.28. The van der Waals surface area contributed by atoms with E-state index in [9.17, 15) is 0 Å². The number of halogens is 1. The zero-order chi connectivity index (χ0) is 15.1. The quantitative estimate of drug-likeness (QED) is 0.824. The van der Waals surface area contributed by atoms with E-state index in [0.29, 0.717) is 28.3 Å². The van der Waals surface area contributed by atoms with Crippen LogP contribution in [-0.4, -0.2) is 16.6 Å². The lowest BCUT2D eigenvalue weighted by Gasteiger charge is -2.13. The zero-order valence-electron chi connectivity index (χ0n) is 11.6. The van der Waals surface area contributed by atoms with Crippen molar-refractivity contribution in [3.63, 3.8) is 0 Å². The van der Waals surface area contributed by atoms with Crippen LogP contribution in [0.4, 0.5) is 5.82 Å². The van der Waals surface area contributed by atoms with Crippen molar-refractivity contribution in [3.05, 3.63) is 53.2 Å². The Bertz CT molecular complexity index is 621. The standard InChI is InChI=1S/C15H16ClN3OS/c1-2-17-15(21)19-14-13(8-5-9-18-14)20-10-11-6-3-4-7-12(11)16/h3-9H,2,10H2,1H3,(H2,17,18,19,21). The molecule has 0 fully saturated rings. The first-order valence-corrected chi connectivity index (χ1v) is 7.35. The summed E-state index contributed by atoms with van der Waals surface area (Å²) in [5.74, 6) is 1.20. The highest BCUT2D eigenvalue weighted by Gasteiger charge is 2.07. The first kappa shape index (κ1) is 15.5. The van der Waals surface area contributed by atoms with Crippen molar-refractivity contribution >= 4 is 34.7 Å². The molecule has 4 nitrogen and oxygen atoms in total. The molecule has 0 aliphatic rings. The van der Waals surface area contributed by atoms with Gasteiger partial charge in [0.1, 0.15) is 6.61 Å². The van der Waals surface area contributed by atoms with Gasteiger partial charge in [0.05, 0.1) is 0 Å². The number of aromatic nitrogens is 1. The number of rotatable bonds is 5. The number of hydrogen-bond acceptors (Lipinski definition) is 3. The fraction of sp³-hybridized carbons (Fsp3) is 0.200. The summed E-state index contributed by atoms with van der Waals surface area (Å²) in [6.07, 6.45) is 1.68. The van der Waals surface area contributed by atoms with E-state index in [0.717, 1.165) is 12.1 Å². The summed E-state index contributed by atoms with van der Waals surface area (Å²) in [5, 5.41) is 7.21. The number of nitrogens with zero attached hydrogens (tertiary/aromatic N) is 1. The van der Waals surface area contributed by atoms with E-state index < -0.39 is 0 Å². The van der Waals surface area contributed by atoms with Crippen LogP contribution < -0.4 is 15.4 Å². The predicted molar refractivity (Wildman–Crippen MR) is 89.9 cm³/mol. The summed E-state index contributed by atoms with van der Waals surface area (Å²) >= 11 is 11.3. The highest BCUT2D eigenvalue weighted by molar-refractivity contribution is 7.80. The van der Waals surface area contributed by atoms with E-state index in [-0.39, 0.29) is 0 Å². The van der Waals surface area contributed by atoms with Crippen molar-refractivity contribution in [1.82, 2.24) is 10.3 Å². The molecule has 110 valence electrons. The summed E-state index contributed by atoms with van der Waals surface area (Å²) in [6.45, 7) is 3.09. The molecule has 0 atom stereocenters. The Balaban J connectivity index is 2.06. The molecule has 0 saturated carbocycles. The van der Waals surface area contributed by atoms with E-state index in [1.54, 1.807) is 6.20 Å². The molecular weight excluding hydrogens is 306 g/mol. The van der Waals surface area contributed by atoms with Crippen LogP contribution in [0.3, 0.4) is 0 Å². The molecule has 0 spiro atoms. The average molecular weight is 322 g/mol. The molecule has 1 heterocycles. The molecule has 0 aliphatic carbocycles. The van der Waals surface area contributed by atoms with Gasteiger partial charge in [0, 0.05) is 23.3 Å². The van der Waals surface area contributed by atoms with E-state index >= 15 is 0 Å². The number of nitrogens with one attached hydrogen (secondary N) is 2. The van der Waals surface area contributed by atoms with Crippen molar-refractivity contribution in [3.8, 4) is 5.75 Å². The summed E-state index contributed by atoms with van der Waals surface area (Å²) in [6, 6.07) is 11.2. The summed E-state index contributed by atoms with van der Waals surface area (Å²) < 4.78 is 5.79. The van der Waals surface area contributed by atoms with Crippen LogP contribution in [-0.2, 0) is 6.61 Å². The van der Waals surface area contributed by atoms with Crippen molar-refractivity contribution < 1.29 is 4.74 Å². The van der Waals surface area contributed by atoms with Crippen LogP contribution in [0.25, 0.3) is 0 Å². The lowest BCUT2D eigenvalue weighted by atomic mass is 10.2. The Morgan fingerprint density at radius 1 is 1.29 bits per heavy atom. The van der Waals surface area contributed by atoms with Gasteiger partial charge in [0.15, 0.2) is 16.7 Å². The molecule has 2 rings (SSSR count). The van der Waals surface area contributed by atoms with Crippen LogP contribution in [0.2, 0.25) is 5.02 Å². The van der Waals surface area contributed by atoms with Crippen LogP contribution in [0.5, 0.6) is 5.75 Å². The Kier molecular flexibility index (Phi) is 5.78. The second kappa shape index (κ2) is 7.81. The van der Waals surface area contributed by atoms with Gasteiger partial charge in [-0.25, -0.2) is 4.98 Å². The Morgan fingerprint density at radius 3 is 2.86 bits per heavy atom. The first-order valence-electron chi connectivity index (χ1n) is 6.56. The van der Waals surface area contributed by atoms with E-state index in [4.69, 9.17) is 28.6 Å². The lowest BCUT2D eigenvalue weighted by molar-refractivity contribution is 0.307. The minimum absolute atomic E-state index is 0.369. The second-order valence-electron chi connectivity index (χ2n) is 4.21. The zero-order valence-corrected chi connectivity index (χ0v) is 13.2. The highest BCUT2D eigenvalue weighted by Crippen LogP contribution is 2.23. The topological polar surface area (TPSA) is 46.2 Å². The fourth-order valence-corrected chi connectivity index (χ4v) is 2.12. The fourth-order valence-electron chi connectivity index (χ4n) is 1.68. The minimum atomic E-state index is 0.369. The van der Waals surface area contributed by atoms with Gasteiger partial charge in [0.25, 0.3) is 0 Å². The largest absolute Gasteiger partial charge is 0.485 e. The normalized spacial score (nSPS) is 10.0. The number of ether oxygens (including phenoxy) is 1. The van der Waals surface area contributed by atoms with E-state index in [1.165, 1.54) is 0 Å². The van der Waals surface area contributed by atoms with Crippen molar-refractivity contribution in [2.45, 2.75) is 13.5 Å². The monoisotopic (exact) mass is 321 g/mol. The SMILES string of the molecule is CCNC(=S)Nc1ncccc1OCc1ccccc1Cl. The van der Waals surface area contributed by atoms with Crippen molar-refractivity contribution in [1.29, 1.82) is 0 Å². The third kappa shape index (κ3) is 4.58. The third-order valence-electron chi connectivity index (χ3n) is 2.68. The first-order chi connectivity index (χ1) is 10.2. The average Bonchev–Trinajstić information content (AvgIpc) is 2.48. The number of thiocarbonyl (C=S) groups is 1. The molecule has 0 unspecified atom stereocenters. The molecule has 1 aromatic carbocycles. The molecule has 21 heavy (non-hydrogen) atoms. The molecule has 0 radical (unpaired) electrons. The molecular formula is C15H16ClN3OS. The Labute approximate surface area is 134 Å². The third-order valence-corrected chi connectivity index (χ3v) is 3.30. The van der Waals surface area contributed by atoms with Gasteiger partial charge in [-0.3, -0.25) is 0 Å². The smallest absolute Gasteiger partial charge is 0.174 e. The van der Waals surface area contributed by atoms with Crippen molar-refractivity contribution in [2.75, 3.05) is 11.9 Å². The molecule has 0 aliphatic heterocycles. The number of benzene rings is 1. The van der Waals surface area contributed by atoms with Gasteiger partial charge in [0.2, 0.25) is 0 Å². The van der Waals surface area contributed by atoms with Gasteiger partial charge >= 0.3 is 0 Å². The predicted octanol–water partition coefficient (Wildman–Crippen LogP) is 3.62. The molecule has 2 N–H and O–H groups in total. The second-order valence-corrected chi connectivity index (χ2v) is 5.03. The van der Waals surface area contributed by atoms with E-state index in [2.05, 4.69) is 15.6 Å². The maximum absolute atomic E-state index is 6.11. The Morgan fingerprint density at radius 2 is 2.10 bits per heavy atom. The van der Waals surface area contributed by atoms with Crippen LogP contribution in [0.15, 0.2) is 42.6 Å². The summed E-state index contributed by atoms with van der Waals surface area (Å²) in [5.41, 5.74) is 0.920. The maximum Gasteiger partial charge on any atom is 0.174 e. The molecule has 0 saturated heterocycles. The summed E-state index contributed by atoms with van der Waals surface area (Å²) in [7, 11) is 0. The molecule has 0 bridgehead atoms. The number of anilines is 1. The van der Waals surface area contributed by atoms with Gasteiger partial charge in [-0.05, 0) is 37.3 Å². The van der Waals surface area contributed by atoms with Gasteiger partial charge in [-0.1, -0.05) is 29.8 Å². The van der Waals surface area contributed by atoms with Gasteiger partial charge in [-0.2, -0.15) is 0 Å². The van der Waals surface area contributed by atoms with Crippen LogP contribution in [0, 0.1) is 0 Å². The minimum Gasteiger partial charge on any atom is -0.485 e. The molecule has 6 heteroatoms. The van der Waals surface area contributed by atoms with Crippen molar-refractivity contribution in [2.24, 2.45) is 0 Å². The van der Waals surface area contributed by atoms with E-state index in [1.807, 2.05) is 43.3 Å². The molecule has 2 aromatic rings. The van der Waals surface area contributed by atoms with Crippen LogP contribution >= 0.6 is 23.8 Å². The number of pyridine rings is 1. The van der Waals surface area contributed by atoms with Crippen LogP contribution in [0.1, 0.15) is 12.5 Å². The number of hydrogen-bond donors (Lipinski definition) is 2. The van der Waals surface area contributed by atoms with Gasteiger partial charge < -0.3 is 15.4 Å². The maximum atomic E-state index is 6.11. The molecule has 0 amide bonds. The van der Waals surface area contributed by atoms with Gasteiger partial charge in [-0.15, -0.1) is 0 Å². The Hall–Kier alpha value is -1.85. The highest BCUT2D eigenvalue weighted by atomic mass is 35.5. The summed E-state index contributed by atoms with van der Waals surface area (Å²) in [4.78, 5) is 4.24. The molecule has 1 aromatic heterocycles.